The second-order valence-electron chi connectivity index (χ2n) is 2.75. The van der Waals surface area contributed by atoms with Crippen LogP contribution in [0.5, 0.6) is 5.75 Å². The Morgan fingerprint density at radius 1 is 1.43 bits per heavy atom. The summed E-state index contributed by atoms with van der Waals surface area (Å²) in [6.07, 6.45) is 0.286. The van der Waals surface area contributed by atoms with Gasteiger partial charge in [0.25, 0.3) is 0 Å². The Kier molecular flexibility index (Phi) is 3.59. The smallest absolute Gasteiger partial charge is 0.342 e. The van der Waals surface area contributed by atoms with E-state index in [9.17, 15) is 4.79 Å². The molecule has 0 amide bonds. The summed E-state index contributed by atoms with van der Waals surface area (Å²) in [5.41, 5.74) is 0.873. The van der Waals surface area contributed by atoms with Crippen molar-refractivity contribution >= 4 is 23.1 Å². The molecule has 1 rings (SSSR count). The van der Waals surface area contributed by atoms with Crippen molar-refractivity contribution in [1.29, 1.82) is 0 Å². The van der Waals surface area contributed by atoms with E-state index in [1.54, 1.807) is 31.4 Å². The molecule has 0 atom stereocenters. The lowest BCUT2D eigenvalue weighted by molar-refractivity contribution is -0.129. The number of carboxylic acids is 1. The van der Waals surface area contributed by atoms with Crippen molar-refractivity contribution in [1.82, 2.24) is 0 Å². The summed E-state index contributed by atoms with van der Waals surface area (Å²) in [6.45, 7) is 0. The molecule has 0 aliphatic heterocycles. The number of carbonyl (C=O) groups is 1. The van der Waals surface area contributed by atoms with Crippen LogP contribution in [0.15, 0.2) is 24.3 Å². The van der Waals surface area contributed by atoms with Crippen LogP contribution in [0.3, 0.4) is 0 Å². The first kappa shape index (κ1) is 10.7. The highest BCUT2D eigenvalue weighted by atomic mass is 32.1. The van der Waals surface area contributed by atoms with Crippen LogP contribution in [-0.2, 0) is 11.2 Å². The summed E-state index contributed by atoms with van der Waals surface area (Å²) < 4.78 is 4.97. The molecular formula is C10H10O3S. The van der Waals surface area contributed by atoms with Crippen molar-refractivity contribution in [2.45, 2.75) is 6.42 Å². The van der Waals surface area contributed by atoms with Crippen LogP contribution in [0.25, 0.3) is 0 Å². The number of rotatable bonds is 4. The van der Waals surface area contributed by atoms with Crippen molar-refractivity contribution in [2.24, 2.45) is 0 Å². The zero-order chi connectivity index (χ0) is 10.6. The quantitative estimate of drug-likeness (QED) is 0.768. The minimum absolute atomic E-state index is 0.0233. The lowest BCUT2D eigenvalue weighted by atomic mass is 10.1. The molecule has 0 aromatic heterocycles. The van der Waals surface area contributed by atoms with Gasteiger partial charge in [-0.3, -0.25) is 0 Å². The first-order valence-electron chi connectivity index (χ1n) is 4.02. The van der Waals surface area contributed by atoms with Crippen LogP contribution in [0.2, 0.25) is 0 Å². The van der Waals surface area contributed by atoms with Gasteiger partial charge in [0.15, 0.2) is 0 Å². The first-order valence-corrected chi connectivity index (χ1v) is 4.43. The van der Waals surface area contributed by atoms with Gasteiger partial charge >= 0.3 is 5.97 Å². The van der Waals surface area contributed by atoms with Crippen molar-refractivity contribution in [2.75, 3.05) is 7.11 Å². The number of methoxy groups -OCH3 is 1. The first-order chi connectivity index (χ1) is 6.63. The Morgan fingerprint density at radius 3 is 2.43 bits per heavy atom. The Bertz CT molecular complexity index is 343. The number of benzene rings is 1. The lowest BCUT2D eigenvalue weighted by Crippen LogP contribution is -2.12. The number of carboxylic acid groups (broad SMARTS) is 1. The van der Waals surface area contributed by atoms with Crippen molar-refractivity contribution in [3.8, 4) is 5.75 Å². The third-order valence-corrected chi connectivity index (χ3v) is 2.08. The Balaban J connectivity index is 2.69. The van der Waals surface area contributed by atoms with Gasteiger partial charge in [0, 0.05) is 6.42 Å². The van der Waals surface area contributed by atoms with E-state index >= 15 is 0 Å². The molecule has 0 unspecified atom stereocenters. The average Bonchev–Trinajstić information content (AvgIpc) is 2.19. The molecule has 14 heavy (non-hydrogen) atoms. The molecule has 0 aliphatic rings. The minimum atomic E-state index is -1.03. The number of aliphatic carboxylic acids is 1. The SMILES string of the molecule is COc1ccc(CC(=S)C(=O)O)cc1. The van der Waals surface area contributed by atoms with Gasteiger partial charge in [-0.15, -0.1) is 0 Å². The summed E-state index contributed by atoms with van der Waals surface area (Å²) in [7, 11) is 1.58. The van der Waals surface area contributed by atoms with E-state index in [0.717, 1.165) is 11.3 Å². The van der Waals surface area contributed by atoms with Gasteiger partial charge in [0.2, 0.25) is 0 Å². The third kappa shape index (κ3) is 2.81. The maximum atomic E-state index is 10.5. The molecule has 1 aromatic carbocycles. The highest BCUT2D eigenvalue weighted by Crippen LogP contribution is 2.12. The van der Waals surface area contributed by atoms with Crippen molar-refractivity contribution in [3.63, 3.8) is 0 Å². The van der Waals surface area contributed by atoms with Gasteiger partial charge in [-0.1, -0.05) is 24.4 Å². The van der Waals surface area contributed by atoms with Crippen LogP contribution in [0.1, 0.15) is 5.56 Å². The molecule has 0 bridgehead atoms. The maximum Gasteiger partial charge on any atom is 0.342 e. The van der Waals surface area contributed by atoms with Crippen LogP contribution < -0.4 is 4.74 Å². The number of hydrogen-bond donors (Lipinski definition) is 1. The van der Waals surface area contributed by atoms with Gasteiger partial charge in [0.05, 0.1) is 7.11 Å². The van der Waals surface area contributed by atoms with E-state index < -0.39 is 5.97 Å². The predicted octanol–water partition coefficient (Wildman–Crippen LogP) is 1.69. The predicted molar refractivity (Wildman–Crippen MR) is 56.9 cm³/mol. The molecule has 0 spiro atoms. The van der Waals surface area contributed by atoms with E-state index in [0.29, 0.717) is 0 Å². The van der Waals surface area contributed by atoms with E-state index in [-0.39, 0.29) is 11.3 Å². The maximum absolute atomic E-state index is 10.5. The molecule has 0 aliphatic carbocycles. The van der Waals surface area contributed by atoms with Gasteiger partial charge in [-0.05, 0) is 17.7 Å². The second-order valence-corrected chi connectivity index (χ2v) is 3.25. The van der Waals surface area contributed by atoms with E-state index in [1.165, 1.54) is 0 Å². The largest absolute Gasteiger partial charge is 0.497 e. The van der Waals surface area contributed by atoms with Gasteiger partial charge in [0.1, 0.15) is 10.6 Å². The van der Waals surface area contributed by atoms with Crippen LogP contribution in [-0.4, -0.2) is 23.1 Å². The monoisotopic (exact) mass is 210 g/mol. The number of hydrogen-bond acceptors (Lipinski definition) is 3. The van der Waals surface area contributed by atoms with Gasteiger partial charge < -0.3 is 9.84 Å². The molecule has 74 valence electrons. The second kappa shape index (κ2) is 4.72. The van der Waals surface area contributed by atoms with Crippen molar-refractivity contribution in [3.05, 3.63) is 29.8 Å². The summed E-state index contributed by atoms with van der Waals surface area (Å²) >= 11 is 4.69. The fraction of sp³-hybridized carbons (Fsp3) is 0.200. The summed E-state index contributed by atoms with van der Waals surface area (Å²) in [6, 6.07) is 7.15. The zero-order valence-electron chi connectivity index (χ0n) is 7.69. The third-order valence-electron chi connectivity index (χ3n) is 1.76. The highest BCUT2D eigenvalue weighted by molar-refractivity contribution is 7.82. The summed E-state index contributed by atoms with van der Waals surface area (Å²) in [4.78, 5) is 10.5. The zero-order valence-corrected chi connectivity index (χ0v) is 8.50. The number of thiocarbonyl (C=S) groups is 1. The van der Waals surface area contributed by atoms with Crippen LogP contribution in [0.4, 0.5) is 0 Å². The summed E-state index contributed by atoms with van der Waals surface area (Å²) in [5, 5.41) is 8.58. The molecule has 3 nitrogen and oxygen atoms in total. The van der Waals surface area contributed by atoms with Crippen LogP contribution >= 0.6 is 12.2 Å². The van der Waals surface area contributed by atoms with E-state index in [1.807, 2.05) is 0 Å². The molecule has 0 fully saturated rings. The number of ether oxygens (including phenoxy) is 1. The van der Waals surface area contributed by atoms with E-state index in [2.05, 4.69) is 0 Å². The molecular weight excluding hydrogens is 200 g/mol. The average molecular weight is 210 g/mol. The molecule has 1 aromatic rings. The lowest BCUT2D eigenvalue weighted by Gasteiger charge is -2.02. The molecule has 0 heterocycles. The Hall–Kier alpha value is -1.42. The van der Waals surface area contributed by atoms with Gasteiger partial charge in [-0.25, -0.2) is 4.79 Å². The molecule has 0 saturated carbocycles. The van der Waals surface area contributed by atoms with Crippen LogP contribution in [0, 0.1) is 0 Å². The molecule has 0 radical (unpaired) electrons. The van der Waals surface area contributed by atoms with E-state index in [4.69, 9.17) is 22.1 Å². The van der Waals surface area contributed by atoms with Crippen molar-refractivity contribution < 1.29 is 14.6 Å². The fourth-order valence-corrected chi connectivity index (χ4v) is 1.17. The standard InChI is InChI=1S/C10H10O3S/c1-13-8-4-2-7(3-5-8)6-9(14)10(11)12/h2-5H,6H2,1H3,(H,11,12). The Labute approximate surface area is 87.3 Å². The molecule has 1 N–H and O–H groups in total. The topological polar surface area (TPSA) is 46.5 Å². The Morgan fingerprint density at radius 2 is 2.00 bits per heavy atom. The fourth-order valence-electron chi connectivity index (χ4n) is 1.00. The molecule has 0 saturated heterocycles. The normalized spacial score (nSPS) is 9.50. The van der Waals surface area contributed by atoms with Gasteiger partial charge in [-0.2, -0.15) is 0 Å². The summed E-state index contributed by atoms with van der Waals surface area (Å²) in [5.74, 6) is -0.286. The molecule has 4 heteroatoms. The minimum Gasteiger partial charge on any atom is -0.497 e. The highest BCUT2D eigenvalue weighted by Gasteiger charge is 2.06.